The van der Waals surface area contributed by atoms with E-state index in [0.717, 1.165) is 0 Å². The summed E-state index contributed by atoms with van der Waals surface area (Å²) in [5, 5.41) is 8.89. The third kappa shape index (κ3) is 3.98. The Kier molecular flexibility index (Phi) is 5.44. The van der Waals surface area contributed by atoms with Crippen LogP contribution in [0, 0.1) is 6.92 Å². The van der Waals surface area contributed by atoms with Gasteiger partial charge < -0.3 is 14.6 Å². The van der Waals surface area contributed by atoms with Crippen LogP contribution in [0.25, 0.3) is 0 Å². The van der Waals surface area contributed by atoms with E-state index in [-0.39, 0.29) is 15.6 Å². The maximum Gasteiger partial charge on any atom is 0.346 e. The van der Waals surface area contributed by atoms with Gasteiger partial charge in [-0.3, -0.25) is 0 Å². The highest BCUT2D eigenvalue weighted by Gasteiger charge is 2.22. The zero-order chi connectivity index (χ0) is 14.6. The van der Waals surface area contributed by atoms with E-state index in [0.29, 0.717) is 16.9 Å². The van der Waals surface area contributed by atoms with Crippen molar-refractivity contribution in [3.8, 4) is 0 Å². The molecule has 0 aliphatic rings. The number of aryl methyl sites for hydroxylation is 1. The Morgan fingerprint density at radius 2 is 2.05 bits per heavy atom. The van der Waals surface area contributed by atoms with E-state index >= 15 is 0 Å². The van der Waals surface area contributed by atoms with E-state index in [1.165, 1.54) is 20.3 Å². The van der Waals surface area contributed by atoms with Crippen molar-refractivity contribution in [1.29, 1.82) is 0 Å². The molecular formula is C10H15NO6S2. The van der Waals surface area contributed by atoms with E-state index in [4.69, 9.17) is 14.6 Å². The summed E-state index contributed by atoms with van der Waals surface area (Å²) in [5.41, 5.74) is 0.410. The molecule has 19 heavy (non-hydrogen) atoms. The van der Waals surface area contributed by atoms with Crippen LogP contribution < -0.4 is 4.72 Å². The van der Waals surface area contributed by atoms with Crippen LogP contribution >= 0.6 is 11.3 Å². The van der Waals surface area contributed by atoms with E-state index < -0.39 is 22.3 Å². The smallest absolute Gasteiger partial charge is 0.346 e. The average Bonchev–Trinajstić information content (AvgIpc) is 2.73. The van der Waals surface area contributed by atoms with Crippen molar-refractivity contribution in [2.24, 2.45) is 0 Å². The third-order valence-corrected chi connectivity index (χ3v) is 5.44. The second kappa shape index (κ2) is 6.44. The monoisotopic (exact) mass is 309 g/mol. The molecule has 1 aromatic rings. The molecule has 1 aromatic heterocycles. The lowest BCUT2D eigenvalue weighted by Gasteiger charge is -2.13. The van der Waals surface area contributed by atoms with Gasteiger partial charge >= 0.3 is 5.97 Å². The molecule has 0 unspecified atom stereocenters. The normalized spacial score (nSPS) is 12.0. The highest BCUT2D eigenvalue weighted by atomic mass is 32.2. The number of methoxy groups -OCH3 is 2. The van der Waals surface area contributed by atoms with E-state index in [1.54, 1.807) is 6.92 Å². The van der Waals surface area contributed by atoms with Gasteiger partial charge in [-0.15, -0.1) is 11.3 Å². The predicted molar refractivity (Wildman–Crippen MR) is 69.0 cm³/mol. The van der Waals surface area contributed by atoms with Crippen LogP contribution in [-0.2, 0) is 19.5 Å². The molecule has 0 radical (unpaired) electrons. The Hall–Kier alpha value is -1.00. The maximum absolute atomic E-state index is 12.0. The summed E-state index contributed by atoms with van der Waals surface area (Å²) in [6, 6.07) is 1.32. The number of hydrogen-bond donors (Lipinski definition) is 2. The van der Waals surface area contributed by atoms with Crippen molar-refractivity contribution in [2.45, 2.75) is 17.4 Å². The summed E-state index contributed by atoms with van der Waals surface area (Å²) < 4.78 is 35.9. The molecule has 0 fully saturated rings. The number of aromatic carboxylic acids is 1. The van der Waals surface area contributed by atoms with Gasteiger partial charge in [0.25, 0.3) is 0 Å². The largest absolute Gasteiger partial charge is 0.477 e. The van der Waals surface area contributed by atoms with Crippen molar-refractivity contribution in [3.05, 3.63) is 16.5 Å². The number of hydrogen-bond acceptors (Lipinski definition) is 6. The highest BCUT2D eigenvalue weighted by Crippen LogP contribution is 2.25. The first-order valence-corrected chi connectivity index (χ1v) is 7.50. The summed E-state index contributed by atoms with van der Waals surface area (Å²) >= 11 is 0.710. The fourth-order valence-corrected chi connectivity index (χ4v) is 3.75. The van der Waals surface area contributed by atoms with Gasteiger partial charge in [0.15, 0.2) is 6.29 Å². The summed E-state index contributed by atoms with van der Waals surface area (Å²) in [7, 11) is -0.987. The molecule has 0 saturated heterocycles. The molecule has 0 aliphatic heterocycles. The summed E-state index contributed by atoms with van der Waals surface area (Å²) in [6.45, 7) is 1.49. The van der Waals surface area contributed by atoms with Gasteiger partial charge in [-0.2, -0.15) is 0 Å². The standard InChI is InChI=1S/C10H15NO6S2/c1-6-4-8(18-9(6)10(12)13)19(14,15)11-5-7(16-2)17-3/h4,7,11H,5H2,1-3H3,(H,12,13). The lowest BCUT2D eigenvalue weighted by atomic mass is 10.3. The zero-order valence-corrected chi connectivity index (χ0v) is 12.3. The van der Waals surface area contributed by atoms with Crippen LogP contribution in [0.5, 0.6) is 0 Å². The molecule has 0 aliphatic carbocycles. The zero-order valence-electron chi connectivity index (χ0n) is 10.7. The van der Waals surface area contributed by atoms with E-state index in [9.17, 15) is 13.2 Å². The number of carboxylic acids is 1. The number of nitrogens with one attached hydrogen (secondary N) is 1. The Balaban J connectivity index is 2.89. The fraction of sp³-hybridized carbons (Fsp3) is 0.500. The second-order valence-electron chi connectivity index (χ2n) is 3.64. The van der Waals surface area contributed by atoms with Gasteiger partial charge in [0.05, 0.1) is 6.54 Å². The van der Waals surface area contributed by atoms with Crippen LogP contribution in [0.4, 0.5) is 0 Å². The van der Waals surface area contributed by atoms with Gasteiger partial charge in [-0.1, -0.05) is 0 Å². The van der Waals surface area contributed by atoms with Crippen molar-refractivity contribution in [2.75, 3.05) is 20.8 Å². The molecule has 0 aromatic carbocycles. The molecule has 9 heteroatoms. The molecule has 0 saturated carbocycles. The SMILES string of the molecule is COC(CNS(=O)(=O)c1cc(C)c(C(=O)O)s1)OC. The number of thiophene rings is 1. The Labute approximate surface area is 115 Å². The quantitative estimate of drug-likeness (QED) is 0.717. The van der Waals surface area contributed by atoms with E-state index in [2.05, 4.69) is 4.72 Å². The molecule has 0 amide bonds. The minimum atomic E-state index is -3.77. The number of rotatable bonds is 7. The van der Waals surface area contributed by atoms with Crippen molar-refractivity contribution >= 4 is 27.3 Å². The van der Waals surface area contributed by atoms with Gasteiger partial charge in [0, 0.05) is 14.2 Å². The third-order valence-electron chi connectivity index (χ3n) is 2.32. The number of carbonyl (C=O) groups is 1. The average molecular weight is 309 g/mol. The predicted octanol–water partition coefficient (Wildman–Crippen LogP) is 0.652. The van der Waals surface area contributed by atoms with Crippen LogP contribution in [-0.4, -0.2) is 46.5 Å². The highest BCUT2D eigenvalue weighted by molar-refractivity contribution is 7.91. The first-order chi connectivity index (χ1) is 8.81. The molecule has 108 valence electrons. The molecule has 2 N–H and O–H groups in total. The van der Waals surface area contributed by atoms with E-state index in [1.807, 2.05) is 0 Å². The number of ether oxygens (including phenoxy) is 2. The minimum absolute atomic E-state index is 0.00964. The van der Waals surface area contributed by atoms with Gasteiger partial charge in [0.2, 0.25) is 10.0 Å². The first kappa shape index (κ1) is 16.1. The maximum atomic E-state index is 12.0. The van der Waals surface area contributed by atoms with Crippen molar-refractivity contribution < 1.29 is 27.8 Å². The lowest BCUT2D eigenvalue weighted by molar-refractivity contribution is -0.0960. The Bertz CT molecular complexity index is 546. The van der Waals surface area contributed by atoms with Gasteiger partial charge in [-0.25, -0.2) is 17.9 Å². The lowest BCUT2D eigenvalue weighted by Crippen LogP contribution is -2.33. The van der Waals surface area contributed by atoms with Gasteiger partial charge in [0.1, 0.15) is 9.09 Å². The topological polar surface area (TPSA) is 102 Å². The van der Waals surface area contributed by atoms with Crippen molar-refractivity contribution in [3.63, 3.8) is 0 Å². The molecule has 0 spiro atoms. The molecule has 0 bridgehead atoms. The fourth-order valence-electron chi connectivity index (χ4n) is 1.31. The molecule has 7 nitrogen and oxygen atoms in total. The van der Waals surface area contributed by atoms with Crippen molar-refractivity contribution in [1.82, 2.24) is 4.72 Å². The summed E-state index contributed by atoms with van der Waals surface area (Å²) in [5.74, 6) is -1.14. The Morgan fingerprint density at radius 1 is 1.47 bits per heavy atom. The van der Waals surface area contributed by atoms with Crippen LogP contribution in [0.3, 0.4) is 0 Å². The number of carboxylic acid groups (broad SMARTS) is 1. The molecule has 1 rings (SSSR count). The minimum Gasteiger partial charge on any atom is -0.477 e. The van der Waals surface area contributed by atoms with Crippen LogP contribution in [0.1, 0.15) is 15.2 Å². The second-order valence-corrected chi connectivity index (χ2v) is 6.68. The molecular weight excluding hydrogens is 294 g/mol. The van der Waals surface area contributed by atoms with Crippen LogP contribution in [0.15, 0.2) is 10.3 Å². The molecule has 1 heterocycles. The summed E-state index contributed by atoms with van der Waals surface area (Å²) in [4.78, 5) is 10.9. The first-order valence-electron chi connectivity index (χ1n) is 5.20. The summed E-state index contributed by atoms with van der Waals surface area (Å²) in [6.07, 6.45) is -0.699. The number of sulfonamides is 1. The molecule has 0 atom stereocenters. The Morgan fingerprint density at radius 3 is 2.47 bits per heavy atom. The van der Waals surface area contributed by atoms with Gasteiger partial charge in [-0.05, 0) is 18.6 Å². The van der Waals surface area contributed by atoms with Crippen LogP contribution in [0.2, 0.25) is 0 Å².